The number of anilines is 3. The van der Waals surface area contributed by atoms with Crippen molar-refractivity contribution >= 4 is 40.9 Å². The molecule has 1 aromatic carbocycles. The van der Waals surface area contributed by atoms with Gasteiger partial charge in [0.15, 0.2) is 5.16 Å². The van der Waals surface area contributed by atoms with Crippen LogP contribution < -0.4 is 15.1 Å². The van der Waals surface area contributed by atoms with E-state index in [1.54, 1.807) is 18.7 Å². The van der Waals surface area contributed by atoms with Crippen molar-refractivity contribution in [2.24, 2.45) is 0 Å². The molecule has 5 rings (SSSR count). The van der Waals surface area contributed by atoms with Crippen LogP contribution in [0.25, 0.3) is 0 Å². The van der Waals surface area contributed by atoms with Crippen LogP contribution in [0.1, 0.15) is 46.0 Å². The number of aromatic nitrogens is 3. The fraction of sp³-hybridized carbons (Fsp3) is 0.583. The van der Waals surface area contributed by atoms with Gasteiger partial charge in [0.1, 0.15) is 5.54 Å². The van der Waals surface area contributed by atoms with E-state index in [9.17, 15) is 9.59 Å². The molecule has 1 aromatic heterocycles. The first-order valence-electron chi connectivity index (χ1n) is 12.1. The highest BCUT2D eigenvalue weighted by Crippen LogP contribution is 2.37. The fourth-order valence-corrected chi connectivity index (χ4v) is 5.75. The molecule has 1 unspecified atom stereocenters. The van der Waals surface area contributed by atoms with E-state index < -0.39 is 5.54 Å². The topological polar surface area (TPSA) is 92.6 Å². The first-order valence-corrected chi connectivity index (χ1v) is 13.1. The van der Waals surface area contributed by atoms with Crippen LogP contribution in [-0.4, -0.2) is 63.7 Å². The van der Waals surface area contributed by atoms with Gasteiger partial charge in [0.05, 0.1) is 29.8 Å². The van der Waals surface area contributed by atoms with Crippen LogP contribution >= 0.6 is 11.8 Å². The lowest BCUT2D eigenvalue weighted by Crippen LogP contribution is -2.59. The van der Waals surface area contributed by atoms with Gasteiger partial charge in [-0.25, -0.2) is 0 Å². The van der Waals surface area contributed by atoms with E-state index in [0.29, 0.717) is 17.9 Å². The van der Waals surface area contributed by atoms with Crippen molar-refractivity contribution in [3.63, 3.8) is 0 Å². The third-order valence-electron chi connectivity index (χ3n) is 6.83. The Labute approximate surface area is 204 Å². The molecule has 2 saturated heterocycles. The standard InChI is InChI=1S/C24H32N6O3S/c1-24(2)21(32)25-18-10-4-5-11-19(18)30(24)20(31)16-34-23-27-26-22(28-12-6-3-7-13-28)29(23)15-17-9-8-14-33-17/h4-5,10-11,17H,3,6-9,12-16H2,1-2H3,(H,25,32). The van der Waals surface area contributed by atoms with Gasteiger partial charge < -0.3 is 15.0 Å². The molecule has 34 heavy (non-hydrogen) atoms. The van der Waals surface area contributed by atoms with Crippen LogP contribution in [0.3, 0.4) is 0 Å². The Morgan fingerprint density at radius 2 is 1.97 bits per heavy atom. The zero-order valence-electron chi connectivity index (χ0n) is 19.8. The number of hydrogen-bond acceptors (Lipinski definition) is 7. The van der Waals surface area contributed by atoms with E-state index in [4.69, 9.17) is 4.74 Å². The number of para-hydroxylation sites is 2. The molecule has 4 heterocycles. The van der Waals surface area contributed by atoms with Crippen LogP contribution in [0.2, 0.25) is 0 Å². The van der Waals surface area contributed by atoms with Crippen LogP contribution in [0.4, 0.5) is 17.3 Å². The average Bonchev–Trinajstić information content (AvgIpc) is 3.49. The molecule has 0 spiro atoms. The molecular formula is C24H32N6O3S. The van der Waals surface area contributed by atoms with Gasteiger partial charge in [-0.2, -0.15) is 0 Å². The number of thioether (sulfide) groups is 1. The van der Waals surface area contributed by atoms with Gasteiger partial charge in [-0.05, 0) is 58.1 Å². The summed E-state index contributed by atoms with van der Waals surface area (Å²) in [5.41, 5.74) is 0.377. The monoisotopic (exact) mass is 484 g/mol. The minimum atomic E-state index is -0.990. The smallest absolute Gasteiger partial charge is 0.250 e. The summed E-state index contributed by atoms with van der Waals surface area (Å²) in [4.78, 5) is 30.1. The van der Waals surface area contributed by atoms with Gasteiger partial charge in [0.25, 0.3) is 0 Å². The van der Waals surface area contributed by atoms with Crippen LogP contribution in [0, 0.1) is 0 Å². The summed E-state index contributed by atoms with van der Waals surface area (Å²) < 4.78 is 8.03. The number of nitrogens with zero attached hydrogens (tertiary/aromatic N) is 5. The average molecular weight is 485 g/mol. The second kappa shape index (κ2) is 9.58. The fourth-order valence-electron chi connectivity index (χ4n) is 4.96. The zero-order chi connectivity index (χ0) is 23.7. The molecule has 0 bridgehead atoms. The predicted octanol–water partition coefficient (Wildman–Crippen LogP) is 3.30. The summed E-state index contributed by atoms with van der Waals surface area (Å²) in [5, 5.41) is 12.6. The van der Waals surface area contributed by atoms with E-state index in [1.165, 1.54) is 18.2 Å². The highest BCUT2D eigenvalue weighted by Gasteiger charge is 2.43. The van der Waals surface area contributed by atoms with E-state index >= 15 is 0 Å². The molecule has 1 N–H and O–H groups in total. The number of carbonyl (C=O) groups is 2. The van der Waals surface area contributed by atoms with E-state index in [1.807, 2.05) is 24.3 Å². The number of benzene rings is 1. The Morgan fingerprint density at radius 3 is 2.74 bits per heavy atom. The van der Waals surface area contributed by atoms with Gasteiger partial charge in [0.2, 0.25) is 17.8 Å². The van der Waals surface area contributed by atoms with Crippen molar-refractivity contribution in [3.8, 4) is 0 Å². The van der Waals surface area contributed by atoms with Gasteiger partial charge >= 0.3 is 0 Å². The molecule has 1 atom stereocenters. The Balaban J connectivity index is 1.37. The third-order valence-corrected chi connectivity index (χ3v) is 7.78. The lowest BCUT2D eigenvalue weighted by molar-refractivity contribution is -0.125. The number of amides is 2. The van der Waals surface area contributed by atoms with Crippen LogP contribution in [0.5, 0.6) is 0 Å². The largest absolute Gasteiger partial charge is 0.376 e. The van der Waals surface area contributed by atoms with E-state index in [2.05, 4.69) is 25.0 Å². The maximum atomic E-state index is 13.5. The summed E-state index contributed by atoms with van der Waals surface area (Å²) in [6, 6.07) is 7.42. The molecule has 3 aliphatic heterocycles. The molecule has 0 saturated carbocycles. The van der Waals surface area contributed by atoms with Gasteiger partial charge in [0, 0.05) is 19.7 Å². The molecule has 3 aliphatic rings. The maximum Gasteiger partial charge on any atom is 0.250 e. The second-order valence-electron chi connectivity index (χ2n) is 9.62. The molecule has 0 aliphatic carbocycles. The third kappa shape index (κ3) is 4.40. The summed E-state index contributed by atoms with van der Waals surface area (Å²) in [5.74, 6) is 0.699. The van der Waals surface area contributed by atoms with Crippen molar-refractivity contribution in [1.29, 1.82) is 0 Å². The molecule has 10 heteroatoms. The minimum Gasteiger partial charge on any atom is -0.376 e. The van der Waals surface area contributed by atoms with Crippen molar-refractivity contribution in [1.82, 2.24) is 14.8 Å². The normalized spacial score (nSPS) is 21.9. The zero-order valence-corrected chi connectivity index (χ0v) is 20.6. The quantitative estimate of drug-likeness (QED) is 0.629. The highest BCUT2D eigenvalue weighted by atomic mass is 32.2. The number of fused-ring (bicyclic) bond motifs is 1. The van der Waals surface area contributed by atoms with Gasteiger partial charge in [-0.1, -0.05) is 23.9 Å². The number of hydrogen-bond donors (Lipinski definition) is 1. The molecule has 0 radical (unpaired) electrons. The van der Waals surface area contributed by atoms with Gasteiger partial charge in [-0.15, -0.1) is 10.2 Å². The van der Waals surface area contributed by atoms with Crippen LogP contribution in [0.15, 0.2) is 29.4 Å². The SMILES string of the molecule is CC1(C)C(=O)Nc2ccccc2N1C(=O)CSc1nnc(N2CCCCC2)n1CC1CCCO1. The van der Waals surface area contributed by atoms with E-state index in [-0.39, 0.29) is 23.7 Å². The lowest BCUT2D eigenvalue weighted by atomic mass is 9.96. The molecule has 182 valence electrons. The first-order chi connectivity index (χ1) is 16.4. The summed E-state index contributed by atoms with van der Waals surface area (Å²) in [6.45, 7) is 6.97. The Bertz CT molecular complexity index is 1060. The van der Waals surface area contributed by atoms with Crippen molar-refractivity contribution in [2.75, 3.05) is 40.6 Å². The maximum absolute atomic E-state index is 13.5. The first kappa shape index (κ1) is 23.2. The number of ether oxygens (including phenoxy) is 1. The number of nitrogens with one attached hydrogen (secondary N) is 1. The molecule has 9 nitrogen and oxygen atoms in total. The number of piperidine rings is 1. The highest BCUT2D eigenvalue weighted by molar-refractivity contribution is 7.99. The molecule has 2 amide bonds. The molecule has 2 fully saturated rings. The lowest BCUT2D eigenvalue weighted by Gasteiger charge is -2.42. The Kier molecular flexibility index (Phi) is 6.52. The molecule has 2 aromatic rings. The van der Waals surface area contributed by atoms with Crippen molar-refractivity contribution in [3.05, 3.63) is 24.3 Å². The second-order valence-corrected chi connectivity index (χ2v) is 10.6. The number of rotatable bonds is 6. The summed E-state index contributed by atoms with van der Waals surface area (Å²) in [6.07, 6.45) is 5.78. The predicted molar refractivity (Wildman–Crippen MR) is 132 cm³/mol. The van der Waals surface area contributed by atoms with E-state index in [0.717, 1.165) is 56.5 Å². The van der Waals surface area contributed by atoms with Crippen molar-refractivity contribution in [2.45, 2.75) is 69.3 Å². The number of carbonyl (C=O) groups excluding carboxylic acids is 2. The molecular weight excluding hydrogens is 452 g/mol. The summed E-state index contributed by atoms with van der Waals surface area (Å²) in [7, 11) is 0. The Morgan fingerprint density at radius 1 is 1.18 bits per heavy atom. The van der Waals surface area contributed by atoms with Gasteiger partial charge in [-0.3, -0.25) is 19.1 Å². The minimum absolute atomic E-state index is 0.136. The van der Waals surface area contributed by atoms with Crippen molar-refractivity contribution < 1.29 is 14.3 Å². The summed E-state index contributed by atoms with van der Waals surface area (Å²) >= 11 is 1.38. The Hall–Kier alpha value is -2.59. The van der Waals surface area contributed by atoms with Crippen LogP contribution in [-0.2, 0) is 20.9 Å².